The summed E-state index contributed by atoms with van der Waals surface area (Å²) >= 11 is 0. The number of carbonyl (C=O) groups is 2. The van der Waals surface area contributed by atoms with Crippen molar-refractivity contribution in [1.82, 2.24) is 15.0 Å². The van der Waals surface area contributed by atoms with E-state index in [9.17, 15) is 14.7 Å². The molecule has 1 aromatic carbocycles. The maximum absolute atomic E-state index is 13.8. The second-order valence-electron chi connectivity index (χ2n) is 11.1. The summed E-state index contributed by atoms with van der Waals surface area (Å²) in [6, 6.07) is 13.3. The highest BCUT2D eigenvalue weighted by atomic mass is 16.5. The van der Waals surface area contributed by atoms with Gasteiger partial charge in [-0.3, -0.25) is 14.6 Å². The minimum atomic E-state index is -0.834. The van der Waals surface area contributed by atoms with E-state index in [2.05, 4.69) is 15.1 Å². The number of aromatic nitrogens is 2. The first-order chi connectivity index (χ1) is 18.1. The van der Waals surface area contributed by atoms with Crippen LogP contribution in [0.25, 0.3) is 11.1 Å². The lowest BCUT2D eigenvalue weighted by Crippen LogP contribution is -2.44. The molecule has 198 valence electrons. The van der Waals surface area contributed by atoms with Gasteiger partial charge in [-0.15, -0.1) is 0 Å². The molecule has 0 spiro atoms. The van der Waals surface area contributed by atoms with Gasteiger partial charge in [0.05, 0.1) is 23.3 Å². The van der Waals surface area contributed by atoms with E-state index in [0.29, 0.717) is 30.0 Å². The summed E-state index contributed by atoms with van der Waals surface area (Å²) in [4.78, 5) is 37.6. The van der Waals surface area contributed by atoms with Crippen molar-refractivity contribution in [3.05, 3.63) is 71.4 Å². The van der Waals surface area contributed by atoms with E-state index in [1.165, 1.54) is 0 Å². The first-order valence-electron chi connectivity index (χ1n) is 13.1. The van der Waals surface area contributed by atoms with E-state index < -0.39 is 23.5 Å². The number of benzene rings is 1. The molecule has 2 aromatic heterocycles. The summed E-state index contributed by atoms with van der Waals surface area (Å²) in [5.74, 6) is -0.416. The van der Waals surface area contributed by atoms with Crippen LogP contribution in [0.3, 0.4) is 0 Å². The number of pyridine rings is 1. The van der Waals surface area contributed by atoms with Gasteiger partial charge < -0.3 is 14.5 Å². The van der Waals surface area contributed by atoms with Gasteiger partial charge in [0.2, 0.25) is 5.91 Å². The third kappa shape index (κ3) is 4.58. The first kappa shape index (κ1) is 26.0. The van der Waals surface area contributed by atoms with Gasteiger partial charge in [0.1, 0.15) is 11.7 Å². The maximum Gasteiger partial charge on any atom is 0.256 e. The van der Waals surface area contributed by atoms with E-state index in [0.717, 1.165) is 22.4 Å². The molecule has 2 amide bonds. The molecule has 2 aliphatic heterocycles. The molecular weight excluding hydrogens is 480 g/mol. The smallest absolute Gasteiger partial charge is 0.256 e. The number of hydrogen-bond acceptors (Lipinski definition) is 6. The van der Waals surface area contributed by atoms with Crippen LogP contribution in [0.4, 0.5) is 0 Å². The van der Waals surface area contributed by atoms with Crippen molar-refractivity contribution in [3.63, 3.8) is 0 Å². The normalized spacial score (nSPS) is 24.2. The van der Waals surface area contributed by atoms with Gasteiger partial charge in [0.25, 0.3) is 5.91 Å². The summed E-state index contributed by atoms with van der Waals surface area (Å²) in [6.45, 7) is 9.83. The van der Waals surface area contributed by atoms with Gasteiger partial charge in [-0.05, 0) is 43.9 Å². The molecule has 8 nitrogen and oxygen atoms in total. The van der Waals surface area contributed by atoms with Crippen LogP contribution in [0.15, 0.2) is 58.2 Å². The molecule has 8 heteroatoms. The number of aliphatic imine (C=N–C) groups is 1. The standard InChI is InChI=1S/C30H34N4O4/c1-17(2)27(26-13-18(3)33-38-26)28(36)34-16-22(35)14-25(34)24-15-30(5,29(37)32-24)21-10-8-20(9-11-21)23-7-6-12-31-19(23)4/h6-13,17,22,25,27,35H,14-16H2,1-5H3/t22-,25+,27-,30-/m1/s1. The number of aryl methyl sites for hydroxylation is 2. The third-order valence-electron chi connectivity index (χ3n) is 7.92. The fourth-order valence-electron chi connectivity index (χ4n) is 5.77. The molecule has 1 N–H and O–H groups in total. The lowest BCUT2D eigenvalue weighted by atomic mass is 9.78. The molecule has 1 fully saturated rings. The average molecular weight is 515 g/mol. The molecule has 0 radical (unpaired) electrons. The molecule has 4 atom stereocenters. The Kier molecular flexibility index (Phi) is 6.77. The summed E-state index contributed by atoms with van der Waals surface area (Å²) in [6.07, 6.45) is 1.84. The van der Waals surface area contributed by atoms with Crippen molar-refractivity contribution in [2.24, 2.45) is 10.9 Å². The van der Waals surface area contributed by atoms with Crippen LogP contribution in [-0.2, 0) is 15.0 Å². The van der Waals surface area contributed by atoms with Crippen LogP contribution < -0.4 is 0 Å². The second kappa shape index (κ2) is 9.91. The number of nitrogens with zero attached hydrogens (tertiary/aromatic N) is 4. The number of aliphatic hydroxyl groups excluding tert-OH is 1. The zero-order chi connectivity index (χ0) is 27.2. The number of amides is 2. The Morgan fingerprint density at radius 3 is 2.55 bits per heavy atom. The van der Waals surface area contributed by atoms with Crippen molar-refractivity contribution < 1.29 is 19.2 Å². The van der Waals surface area contributed by atoms with Crippen molar-refractivity contribution >= 4 is 17.5 Å². The quantitative estimate of drug-likeness (QED) is 0.523. The van der Waals surface area contributed by atoms with Crippen LogP contribution in [0.5, 0.6) is 0 Å². The number of β-amino-alcohol motifs (C(OH)–C–C–N with tert-alkyl or cyclic N) is 1. The Hall–Kier alpha value is -3.65. The Balaban J connectivity index is 1.39. The number of hydrogen-bond donors (Lipinski definition) is 1. The minimum Gasteiger partial charge on any atom is -0.391 e. The lowest BCUT2D eigenvalue weighted by molar-refractivity contribution is -0.134. The first-order valence-corrected chi connectivity index (χ1v) is 13.1. The van der Waals surface area contributed by atoms with Crippen molar-refractivity contribution in [2.45, 2.75) is 70.9 Å². The molecule has 1 saturated heterocycles. The highest BCUT2D eigenvalue weighted by Crippen LogP contribution is 2.39. The van der Waals surface area contributed by atoms with Crippen molar-refractivity contribution in [1.29, 1.82) is 0 Å². The second-order valence-corrected chi connectivity index (χ2v) is 11.1. The lowest BCUT2D eigenvalue weighted by Gasteiger charge is -2.30. The van der Waals surface area contributed by atoms with Crippen molar-refractivity contribution in [2.75, 3.05) is 6.54 Å². The monoisotopic (exact) mass is 514 g/mol. The number of rotatable bonds is 6. The van der Waals surface area contributed by atoms with E-state index in [1.807, 2.05) is 71.0 Å². The van der Waals surface area contributed by atoms with Crippen LogP contribution in [0.2, 0.25) is 0 Å². The van der Waals surface area contributed by atoms with E-state index in [-0.39, 0.29) is 24.3 Å². The number of carbonyl (C=O) groups excluding carboxylic acids is 2. The van der Waals surface area contributed by atoms with Gasteiger partial charge in [-0.1, -0.05) is 49.3 Å². The Labute approximate surface area is 222 Å². The Morgan fingerprint density at radius 2 is 1.92 bits per heavy atom. The molecule has 2 aliphatic rings. The minimum absolute atomic E-state index is 0.0346. The van der Waals surface area contributed by atoms with Gasteiger partial charge >= 0.3 is 0 Å². The summed E-state index contributed by atoms with van der Waals surface area (Å²) < 4.78 is 5.46. The van der Waals surface area contributed by atoms with E-state index >= 15 is 0 Å². The topological polar surface area (TPSA) is 109 Å². The highest BCUT2D eigenvalue weighted by Gasteiger charge is 2.48. The van der Waals surface area contributed by atoms with Gasteiger partial charge in [-0.2, -0.15) is 0 Å². The van der Waals surface area contributed by atoms with Gasteiger partial charge in [0, 0.05) is 48.6 Å². The largest absolute Gasteiger partial charge is 0.391 e. The fourth-order valence-corrected chi connectivity index (χ4v) is 5.77. The Morgan fingerprint density at radius 1 is 1.18 bits per heavy atom. The van der Waals surface area contributed by atoms with Crippen LogP contribution in [-0.4, -0.2) is 56.4 Å². The highest BCUT2D eigenvalue weighted by molar-refractivity contribution is 6.11. The third-order valence-corrected chi connectivity index (χ3v) is 7.92. The molecular formula is C30H34N4O4. The van der Waals surface area contributed by atoms with Crippen LogP contribution >= 0.6 is 0 Å². The van der Waals surface area contributed by atoms with Gasteiger partial charge in [-0.25, -0.2) is 4.99 Å². The predicted molar refractivity (Wildman–Crippen MR) is 144 cm³/mol. The number of likely N-dealkylation sites (tertiary alicyclic amines) is 1. The maximum atomic E-state index is 13.8. The van der Waals surface area contributed by atoms with Crippen molar-refractivity contribution in [3.8, 4) is 11.1 Å². The molecule has 5 rings (SSSR count). The van der Waals surface area contributed by atoms with E-state index in [4.69, 9.17) is 4.52 Å². The molecule has 0 unspecified atom stereocenters. The number of aliphatic hydroxyl groups is 1. The Bertz CT molecular complexity index is 1390. The molecule has 3 aromatic rings. The van der Waals surface area contributed by atoms with Crippen LogP contribution in [0.1, 0.15) is 62.2 Å². The SMILES string of the molecule is Cc1cc([C@H](C(=O)N2C[C@H](O)C[C@H]2C2=NC(=O)[C@@](C)(c3ccc(-c4cccnc4C)cc3)C2)C(C)C)on1. The molecule has 0 bridgehead atoms. The zero-order valence-corrected chi connectivity index (χ0v) is 22.5. The molecule has 0 aliphatic carbocycles. The van der Waals surface area contributed by atoms with Gasteiger partial charge in [0.15, 0.2) is 0 Å². The zero-order valence-electron chi connectivity index (χ0n) is 22.5. The summed E-state index contributed by atoms with van der Waals surface area (Å²) in [5.41, 5.74) is 4.43. The van der Waals surface area contributed by atoms with E-state index in [1.54, 1.807) is 17.2 Å². The summed E-state index contributed by atoms with van der Waals surface area (Å²) in [7, 11) is 0. The molecule has 38 heavy (non-hydrogen) atoms. The molecule has 0 saturated carbocycles. The average Bonchev–Trinajstić information content (AvgIpc) is 3.57. The summed E-state index contributed by atoms with van der Waals surface area (Å²) in [5, 5.41) is 14.5. The molecule has 4 heterocycles. The fraction of sp³-hybridized carbons (Fsp3) is 0.433. The predicted octanol–water partition coefficient (Wildman–Crippen LogP) is 4.38. The van der Waals surface area contributed by atoms with Crippen LogP contribution in [0, 0.1) is 19.8 Å².